The predicted molar refractivity (Wildman–Crippen MR) is 73.7 cm³/mol. The van der Waals surface area contributed by atoms with E-state index in [9.17, 15) is 0 Å². The third-order valence-corrected chi connectivity index (χ3v) is 2.83. The third kappa shape index (κ3) is 14.0. The number of hydrogen-bond donors (Lipinski definition) is 6. The molecule has 0 aromatic carbocycles. The molecule has 0 radical (unpaired) electrons. The molecular weight excluding hydrogens is 382 g/mol. The molecule has 16 heteroatoms. The summed E-state index contributed by atoms with van der Waals surface area (Å²) in [4.78, 5) is 51.9. The van der Waals surface area contributed by atoms with Gasteiger partial charge in [0.2, 0.25) is 0 Å². The number of anilines is 2. The first-order valence-electron chi connectivity index (χ1n) is 4.81. The van der Waals surface area contributed by atoms with Gasteiger partial charge >= 0.3 is 10.3 Å². The lowest BCUT2D eigenvalue weighted by Gasteiger charge is -2.01. The van der Waals surface area contributed by atoms with Gasteiger partial charge < -0.3 is 29.4 Å². The number of hydrogen-bond acceptors (Lipinski definition) is 8. The molecule has 0 aliphatic rings. The van der Waals surface area contributed by atoms with Gasteiger partial charge in [-0.25, -0.2) is 9.97 Å². The van der Waals surface area contributed by atoms with Crippen molar-refractivity contribution in [2.24, 2.45) is 0 Å². The van der Waals surface area contributed by atoms with Crippen molar-refractivity contribution in [2.45, 2.75) is 0 Å². The first kappa shape index (κ1) is 21.1. The van der Waals surface area contributed by atoms with Crippen LogP contribution < -0.4 is 31.2 Å². The van der Waals surface area contributed by atoms with Crippen molar-refractivity contribution in [3.63, 3.8) is 0 Å². The van der Waals surface area contributed by atoms with Gasteiger partial charge in [-0.05, 0) is 0 Å². The summed E-state index contributed by atoms with van der Waals surface area (Å²) in [5.41, 5.74) is 13.0. The molecule has 2 aromatic rings. The second-order valence-electron chi connectivity index (χ2n) is 3.26. The van der Waals surface area contributed by atoms with Crippen LogP contribution in [-0.2, 0) is 9.13 Å². The largest absolute Gasteiger partial charge is 0.756 e. The Labute approximate surface area is 131 Å². The van der Waals surface area contributed by atoms with E-state index in [0.29, 0.717) is 10.3 Å². The summed E-state index contributed by atoms with van der Waals surface area (Å²) < 4.78 is 17.5. The van der Waals surface area contributed by atoms with Crippen molar-refractivity contribution in [3.05, 3.63) is 10.8 Å². The minimum Gasteiger partial charge on any atom is -0.756 e. The summed E-state index contributed by atoms with van der Waals surface area (Å²) in [6, 6.07) is 0. The van der Waals surface area contributed by atoms with Gasteiger partial charge in [0.25, 0.3) is 15.6 Å². The number of H-pyrrole nitrogens is 2. The fraction of sp³-hybridized carbons (Fsp3) is 0. The van der Waals surface area contributed by atoms with Gasteiger partial charge in [-0.15, -0.1) is 0 Å². The van der Waals surface area contributed by atoms with Crippen LogP contribution in [0.15, 0.2) is 10.8 Å². The van der Waals surface area contributed by atoms with Gasteiger partial charge in [0.05, 0.1) is 0 Å². The Morgan fingerprint density at radius 1 is 0.864 bits per heavy atom. The molecule has 0 aliphatic carbocycles. The predicted octanol–water partition coefficient (Wildman–Crippen LogP) is -2.85. The van der Waals surface area contributed by atoms with Gasteiger partial charge in [-0.2, -0.15) is 0 Å². The quantitative estimate of drug-likeness (QED) is 0.270. The van der Waals surface area contributed by atoms with E-state index in [-0.39, 0.29) is 0 Å². The molecule has 126 valence electrons. The highest BCUT2D eigenvalue weighted by atomic mass is 32.1. The lowest BCUT2D eigenvalue weighted by atomic mass is 10.4. The lowest BCUT2D eigenvalue weighted by Crippen LogP contribution is -2.13. The molecule has 0 atom stereocenters. The summed E-state index contributed by atoms with van der Waals surface area (Å²) in [6.07, 6.45) is 0. The molecule has 2 heterocycles. The number of rotatable bonds is 1. The average Bonchev–Trinajstić information content (AvgIpc) is 2.81. The highest BCUT2D eigenvalue weighted by Crippen LogP contribution is 2.19. The highest BCUT2D eigenvalue weighted by Gasteiger charge is 2.12. The van der Waals surface area contributed by atoms with E-state index in [0.717, 1.165) is 11.4 Å². The van der Waals surface area contributed by atoms with Crippen LogP contribution in [0.25, 0.3) is 11.4 Å². The zero-order chi connectivity index (χ0) is 17.6. The van der Waals surface area contributed by atoms with Crippen LogP contribution in [0.2, 0.25) is 0 Å². The Morgan fingerprint density at radius 2 is 1.09 bits per heavy atom. The number of nitrogens with two attached hydrogens (primary N) is 2. The molecule has 2 aromatic heterocycles. The zero-order valence-electron chi connectivity index (χ0n) is 10.4. The van der Waals surface area contributed by atoms with Crippen molar-refractivity contribution in [1.82, 2.24) is 0 Å². The van der Waals surface area contributed by atoms with Crippen LogP contribution in [-0.4, -0.2) is 19.6 Å². The van der Waals surface area contributed by atoms with Crippen LogP contribution in [0.5, 0.6) is 0 Å². The second kappa shape index (κ2) is 8.64. The number of nitrogen functional groups attached to an aromatic ring is 2. The summed E-state index contributed by atoms with van der Waals surface area (Å²) in [6.45, 7) is 0. The molecule has 0 saturated heterocycles. The first-order valence-corrected chi connectivity index (χ1v) is 9.63. The second-order valence-corrected chi connectivity index (χ2v) is 7.04. The van der Waals surface area contributed by atoms with Crippen LogP contribution in [0.1, 0.15) is 0 Å². The SMILES string of the molecule is Nc1[nH+]c(-c2csc(N)[nH+]2)cs1.O=P([O-])(O)O.O=P([O-])(O)O. The lowest BCUT2D eigenvalue weighted by molar-refractivity contribution is -0.378. The van der Waals surface area contributed by atoms with E-state index in [1.165, 1.54) is 22.7 Å². The zero-order valence-corrected chi connectivity index (χ0v) is 13.9. The van der Waals surface area contributed by atoms with E-state index in [1.54, 1.807) is 0 Å². The normalized spacial score (nSPS) is 11.0. The molecule has 0 amide bonds. The molecule has 22 heavy (non-hydrogen) atoms. The number of aromatic amines is 2. The number of aromatic nitrogens is 2. The summed E-state index contributed by atoms with van der Waals surface area (Å²) in [5.74, 6) is 0. The Morgan fingerprint density at radius 3 is 1.23 bits per heavy atom. The van der Waals surface area contributed by atoms with Gasteiger partial charge in [-0.3, -0.25) is 20.6 Å². The van der Waals surface area contributed by atoms with E-state index in [1.807, 2.05) is 10.8 Å². The maximum Gasteiger partial charge on any atom is 0.330 e. The summed E-state index contributed by atoms with van der Waals surface area (Å²) in [5, 5.41) is 5.30. The Balaban J connectivity index is 0.000000372. The molecule has 0 fully saturated rings. The fourth-order valence-corrected chi connectivity index (χ4v) is 2.09. The number of thiazole rings is 2. The average molecular weight is 394 g/mol. The summed E-state index contributed by atoms with van der Waals surface area (Å²) >= 11 is 2.95. The van der Waals surface area contributed by atoms with E-state index in [2.05, 4.69) is 9.97 Å². The molecule has 12 nitrogen and oxygen atoms in total. The Hall–Kier alpha value is -0.920. The topological polar surface area (TPSA) is 241 Å². The minimum atomic E-state index is -4.89. The Bertz CT molecular complexity index is 603. The van der Waals surface area contributed by atoms with Crippen molar-refractivity contribution < 1.29 is 48.5 Å². The van der Waals surface area contributed by atoms with E-state index in [4.69, 9.17) is 50.0 Å². The van der Waals surface area contributed by atoms with Gasteiger partial charge in [-0.1, -0.05) is 22.7 Å². The maximum absolute atomic E-state index is 8.77. The van der Waals surface area contributed by atoms with Crippen molar-refractivity contribution >= 4 is 48.6 Å². The van der Waals surface area contributed by atoms with Gasteiger partial charge in [0.1, 0.15) is 0 Å². The van der Waals surface area contributed by atoms with Gasteiger partial charge in [0.15, 0.2) is 11.4 Å². The van der Waals surface area contributed by atoms with Crippen molar-refractivity contribution in [1.29, 1.82) is 0 Å². The highest BCUT2D eigenvalue weighted by molar-refractivity contribution is 7.43. The van der Waals surface area contributed by atoms with E-state index < -0.39 is 15.6 Å². The summed E-state index contributed by atoms with van der Waals surface area (Å²) in [7, 11) is -9.78. The molecule has 0 unspecified atom stereocenters. The standard InChI is InChI=1S/C6H6N4S2.2H3O4P/c7-5-9-3(1-11-5)4-2-12-6(8)10-4;2*1-5(2,3)4/h1-2H,(H2,7,9)(H2,8,10);2*(H3,1,2,3,4). The van der Waals surface area contributed by atoms with Crippen molar-refractivity contribution in [3.8, 4) is 11.4 Å². The monoisotopic (exact) mass is 394 g/mol. The van der Waals surface area contributed by atoms with E-state index >= 15 is 0 Å². The molecule has 0 spiro atoms. The van der Waals surface area contributed by atoms with Crippen LogP contribution in [0.3, 0.4) is 0 Å². The third-order valence-electron chi connectivity index (χ3n) is 1.41. The van der Waals surface area contributed by atoms with Crippen molar-refractivity contribution in [2.75, 3.05) is 11.5 Å². The molecule has 0 aliphatic heterocycles. The van der Waals surface area contributed by atoms with Crippen LogP contribution >= 0.6 is 38.3 Å². The fourth-order valence-electron chi connectivity index (χ4n) is 0.890. The van der Waals surface area contributed by atoms with Gasteiger partial charge in [0, 0.05) is 10.8 Å². The van der Waals surface area contributed by atoms with Crippen LogP contribution in [0.4, 0.5) is 10.3 Å². The molecule has 0 saturated carbocycles. The smallest absolute Gasteiger partial charge is 0.330 e. The number of phosphoric acid groups is 2. The molecular formula is C6H12N4O8P2S2. The first-order chi connectivity index (χ1) is 9.75. The Kier molecular flexibility index (Phi) is 8.28. The maximum atomic E-state index is 8.77. The minimum absolute atomic E-state index is 0.697. The number of nitrogens with one attached hydrogen (secondary N) is 2. The molecule has 2 rings (SSSR count). The van der Waals surface area contributed by atoms with Crippen LogP contribution in [0, 0.1) is 0 Å². The molecule has 0 bridgehead atoms. The molecule has 10 N–H and O–H groups in total.